The van der Waals surface area contributed by atoms with Gasteiger partial charge < -0.3 is 14.2 Å². The van der Waals surface area contributed by atoms with E-state index in [9.17, 15) is 4.79 Å². The summed E-state index contributed by atoms with van der Waals surface area (Å²) in [6.07, 6.45) is 1.01. The zero-order valence-corrected chi connectivity index (χ0v) is 13.8. The molecule has 1 fully saturated rings. The second-order valence-corrected chi connectivity index (χ2v) is 6.65. The number of hydrogen-bond donors (Lipinski definition) is 0. The van der Waals surface area contributed by atoms with Crippen LogP contribution in [0.1, 0.15) is 23.8 Å². The van der Waals surface area contributed by atoms with Gasteiger partial charge in [-0.3, -0.25) is 4.79 Å². The van der Waals surface area contributed by atoms with Crippen molar-refractivity contribution in [2.75, 3.05) is 26.3 Å². The molecule has 0 bridgehead atoms. The number of aromatic nitrogens is 1. The molecule has 1 amide bonds. The Bertz CT molecular complexity index is 628. The van der Waals surface area contributed by atoms with Crippen molar-refractivity contribution in [1.82, 2.24) is 9.47 Å². The lowest BCUT2D eigenvalue weighted by atomic mass is 10.3. The number of carbonyl (C=O) groups excluding carboxylic acids is 1. The molecule has 0 aromatic carbocycles. The Morgan fingerprint density at radius 2 is 2.20 bits per heavy atom. The number of rotatable bonds is 3. The van der Waals surface area contributed by atoms with E-state index in [1.807, 2.05) is 11.0 Å². The van der Waals surface area contributed by atoms with Gasteiger partial charge in [-0.1, -0.05) is 6.92 Å². The lowest BCUT2D eigenvalue weighted by Gasteiger charge is -2.27. The van der Waals surface area contributed by atoms with Crippen LogP contribution in [-0.2, 0) is 11.3 Å². The first-order valence-corrected chi connectivity index (χ1v) is 8.53. The Labute approximate surface area is 130 Å². The van der Waals surface area contributed by atoms with E-state index in [0.717, 1.165) is 28.6 Å². The molecule has 0 radical (unpaired) electrons. The highest BCUT2D eigenvalue weighted by Gasteiger charge is 2.24. The topological polar surface area (TPSA) is 34.5 Å². The zero-order valence-electron chi connectivity index (χ0n) is 11.4. The van der Waals surface area contributed by atoms with E-state index in [1.165, 1.54) is 4.70 Å². The van der Waals surface area contributed by atoms with Gasteiger partial charge in [0.05, 0.1) is 27.9 Å². The van der Waals surface area contributed by atoms with Crippen LogP contribution in [0, 0.1) is 0 Å². The largest absolute Gasteiger partial charge is 0.378 e. The van der Waals surface area contributed by atoms with Crippen LogP contribution in [-0.4, -0.2) is 41.7 Å². The van der Waals surface area contributed by atoms with Crippen LogP contribution in [0.15, 0.2) is 15.9 Å². The number of aryl methyl sites for hydroxylation is 1. The molecule has 3 heterocycles. The molecule has 0 N–H and O–H groups in total. The maximum atomic E-state index is 12.7. The third kappa shape index (κ3) is 2.40. The third-order valence-corrected chi connectivity index (χ3v) is 5.37. The van der Waals surface area contributed by atoms with Gasteiger partial charge >= 0.3 is 0 Å². The Morgan fingerprint density at radius 1 is 1.45 bits per heavy atom. The van der Waals surface area contributed by atoms with Crippen molar-refractivity contribution >= 4 is 43.4 Å². The SMILES string of the molecule is CCCn1c(C(=O)N2CCOCC2)cc2scc(Br)c21. The molecule has 1 aliphatic rings. The number of halogens is 1. The summed E-state index contributed by atoms with van der Waals surface area (Å²) < 4.78 is 9.71. The number of amides is 1. The molecule has 1 saturated heterocycles. The highest BCUT2D eigenvalue weighted by molar-refractivity contribution is 9.10. The van der Waals surface area contributed by atoms with E-state index in [-0.39, 0.29) is 5.91 Å². The van der Waals surface area contributed by atoms with Gasteiger partial charge in [0.2, 0.25) is 0 Å². The quantitative estimate of drug-likeness (QED) is 0.844. The molecule has 1 aliphatic heterocycles. The minimum Gasteiger partial charge on any atom is -0.378 e. The molecular formula is C14H17BrN2O2S. The number of fused-ring (bicyclic) bond motifs is 1. The van der Waals surface area contributed by atoms with E-state index in [0.29, 0.717) is 26.3 Å². The molecule has 2 aromatic rings. The van der Waals surface area contributed by atoms with E-state index in [4.69, 9.17) is 4.74 Å². The molecule has 20 heavy (non-hydrogen) atoms. The van der Waals surface area contributed by atoms with Gasteiger partial charge in [-0.2, -0.15) is 0 Å². The fourth-order valence-electron chi connectivity index (χ4n) is 2.59. The van der Waals surface area contributed by atoms with E-state index < -0.39 is 0 Å². The van der Waals surface area contributed by atoms with Crippen LogP contribution >= 0.6 is 27.3 Å². The van der Waals surface area contributed by atoms with Crippen molar-refractivity contribution in [3.8, 4) is 0 Å². The van der Waals surface area contributed by atoms with Crippen molar-refractivity contribution in [3.63, 3.8) is 0 Å². The van der Waals surface area contributed by atoms with E-state index in [1.54, 1.807) is 11.3 Å². The van der Waals surface area contributed by atoms with Gasteiger partial charge in [-0.05, 0) is 28.4 Å². The first kappa shape index (κ1) is 14.1. The Morgan fingerprint density at radius 3 is 2.90 bits per heavy atom. The first-order chi connectivity index (χ1) is 9.72. The van der Waals surface area contributed by atoms with Crippen molar-refractivity contribution < 1.29 is 9.53 Å². The van der Waals surface area contributed by atoms with Crippen molar-refractivity contribution in [1.29, 1.82) is 0 Å². The van der Waals surface area contributed by atoms with Crippen molar-refractivity contribution in [2.45, 2.75) is 19.9 Å². The average Bonchev–Trinajstić information content (AvgIpc) is 3.01. The van der Waals surface area contributed by atoms with Crippen LogP contribution in [0.5, 0.6) is 0 Å². The fraction of sp³-hybridized carbons (Fsp3) is 0.500. The summed E-state index contributed by atoms with van der Waals surface area (Å²) in [7, 11) is 0. The summed E-state index contributed by atoms with van der Waals surface area (Å²) in [5, 5.41) is 2.08. The molecule has 2 aromatic heterocycles. The minimum absolute atomic E-state index is 0.122. The normalized spacial score (nSPS) is 16.0. The van der Waals surface area contributed by atoms with E-state index >= 15 is 0 Å². The number of hydrogen-bond acceptors (Lipinski definition) is 3. The highest BCUT2D eigenvalue weighted by atomic mass is 79.9. The molecule has 6 heteroatoms. The fourth-order valence-corrected chi connectivity index (χ4v) is 4.29. The molecule has 0 spiro atoms. The zero-order chi connectivity index (χ0) is 14.1. The van der Waals surface area contributed by atoms with Crippen LogP contribution < -0.4 is 0 Å². The third-order valence-electron chi connectivity index (χ3n) is 3.54. The van der Waals surface area contributed by atoms with Gasteiger partial charge in [-0.25, -0.2) is 0 Å². The second-order valence-electron chi connectivity index (χ2n) is 4.88. The van der Waals surface area contributed by atoms with Gasteiger partial charge in [0.25, 0.3) is 5.91 Å². The summed E-state index contributed by atoms with van der Waals surface area (Å²) in [6.45, 7) is 5.64. The monoisotopic (exact) mass is 356 g/mol. The van der Waals surface area contributed by atoms with Crippen LogP contribution in [0.25, 0.3) is 10.2 Å². The number of nitrogens with zero attached hydrogens (tertiary/aromatic N) is 2. The van der Waals surface area contributed by atoms with Gasteiger partial charge in [0, 0.05) is 25.0 Å². The Kier molecular flexibility index (Phi) is 4.14. The standard InChI is InChI=1S/C14H17BrN2O2S/c1-2-3-17-11(8-12-13(17)10(15)9-20-12)14(18)16-4-6-19-7-5-16/h8-9H,2-7H2,1H3. The number of ether oxygens (including phenoxy) is 1. The number of morpholine rings is 1. The Hall–Kier alpha value is -0.850. The van der Waals surface area contributed by atoms with Crippen LogP contribution in [0.3, 0.4) is 0 Å². The van der Waals surface area contributed by atoms with Gasteiger partial charge in [0.1, 0.15) is 5.69 Å². The summed E-state index contributed by atoms with van der Waals surface area (Å²) in [4.78, 5) is 14.6. The lowest BCUT2D eigenvalue weighted by molar-refractivity contribution is 0.0296. The average molecular weight is 357 g/mol. The van der Waals surface area contributed by atoms with Gasteiger partial charge in [0.15, 0.2) is 0 Å². The predicted octanol–water partition coefficient (Wildman–Crippen LogP) is 3.35. The summed E-state index contributed by atoms with van der Waals surface area (Å²) in [5.74, 6) is 0.122. The molecule has 0 aliphatic carbocycles. The van der Waals surface area contributed by atoms with Crippen molar-refractivity contribution in [2.24, 2.45) is 0 Å². The maximum absolute atomic E-state index is 12.7. The van der Waals surface area contributed by atoms with Gasteiger partial charge in [-0.15, -0.1) is 11.3 Å². The first-order valence-electron chi connectivity index (χ1n) is 6.85. The summed E-state index contributed by atoms with van der Waals surface area (Å²) >= 11 is 5.27. The predicted molar refractivity (Wildman–Crippen MR) is 84.5 cm³/mol. The lowest BCUT2D eigenvalue weighted by Crippen LogP contribution is -2.41. The summed E-state index contributed by atoms with van der Waals surface area (Å²) in [5.41, 5.74) is 1.95. The van der Waals surface area contributed by atoms with Crippen molar-refractivity contribution in [3.05, 3.63) is 21.6 Å². The molecule has 108 valence electrons. The minimum atomic E-state index is 0.122. The highest BCUT2D eigenvalue weighted by Crippen LogP contribution is 2.33. The molecule has 0 atom stereocenters. The maximum Gasteiger partial charge on any atom is 0.270 e. The smallest absolute Gasteiger partial charge is 0.270 e. The number of carbonyl (C=O) groups is 1. The summed E-state index contributed by atoms with van der Waals surface area (Å²) in [6, 6.07) is 2.03. The second kappa shape index (κ2) is 5.87. The molecule has 4 nitrogen and oxygen atoms in total. The molecule has 3 rings (SSSR count). The Balaban J connectivity index is 2.01. The molecule has 0 saturated carbocycles. The molecular weight excluding hydrogens is 340 g/mol. The van der Waals surface area contributed by atoms with Crippen LogP contribution in [0.2, 0.25) is 0 Å². The van der Waals surface area contributed by atoms with E-state index in [2.05, 4.69) is 32.8 Å². The number of thiophene rings is 1. The van der Waals surface area contributed by atoms with Crippen LogP contribution in [0.4, 0.5) is 0 Å². The molecule has 0 unspecified atom stereocenters.